The Balaban J connectivity index is 1.63. The molecule has 3 atom stereocenters. The first kappa shape index (κ1) is 41.2. The van der Waals surface area contributed by atoms with E-state index >= 15 is 0 Å². The molecule has 2 aliphatic heterocycles. The molecule has 0 aromatic heterocycles. The molecule has 3 N–H and O–H groups in total. The number of alkyl carbamates (subject to hydrolysis) is 1. The Morgan fingerprint density at radius 2 is 1.70 bits per heavy atom. The lowest BCUT2D eigenvalue weighted by molar-refractivity contribution is -0.142. The highest BCUT2D eigenvalue weighted by Gasteiger charge is 2.48. The van der Waals surface area contributed by atoms with Crippen LogP contribution in [0.1, 0.15) is 98.1 Å². The van der Waals surface area contributed by atoms with Crippen molar-refractivity contribution in [2.24, 2.45) is 0 Å². The quantitative estimate of drug-likeness (QED) is 0.251. The van der Waals surface area contributed by atoms with Gasteiger partial charge in [0.05, 0.1) is 18.3 Å². The van der Waals surface area contributed by atoms with E-state index in [2.05, 4.69) is 15.4 Å². The molecule has 4 rings (SSSR count). The number of likely N-dealkylation sites (tertiary alicyclic amines) is 1. The molecule has 1 saturated carbocycles. The van der Waals surface area contributed by atoms with E-state index in [1.54, 1.807) is 54.5 Å². The van der Waals surface area contributed by atoms with Gasteiger partial charge in [0.1, 0.15) is 35.1 Å². The molecule has 15 nitrogen and oxygen atoms in total. The van der Waals surface area contributed by atoms with Gasteiger partial charge in [-0.15, -0.1) is 0 Å². The summed E-state index contributed by atoms with van der Waals surface area (Å²) in [5, 5.41) is 4.42. The number of fused-ring (bicyclic) bond motifs is 1. The molecule has 1 aliphatic carbocycles. The molecule has 3 unspecified atom stereocenters. The zero-order valence-corrected chi connectivity index (χ0v) is 32.1. The van der Waals surface area contributed by atoms with E-state index in [4.69, 9.17) is 9.47 Å². The minimum atomic E-state index is -3.97. The molecule has 53 heavy (non-hydrogen) atoms. The lowest BCUT2D eigenvalue weighted by Crippen LogP contribution is -2.63. The van der Waals surface area contributed by atoms with Crippen molar-refractivity contribution in [1.82, 2.24) is 25.2 Å². The topological polar surface area (TPSA) is 198 Å². The molecule has 17 heteroatoms. The van der Waals surface area contributed by atoms with Crippen molar-refractivity contribution >= 4 is 45.7 Å². The number of allylic oxidation sites excluding steroid dienone is 2. The highest BCUT2D eigenvalue weighted by molar-refractivity contribution is 7.91. The zero-order valence-electron chi connectivity index (χ0n) is 31.2. The SMILES string of the molecule is CCC(CC)(NC(=O)C1CC(OC(=O)N2Cc3cccc(F)c3C2)CN1C(=O)C(CC(=O)C=C(C)C)NC(=O)OC(C)(C)C)C(=O)NS(=O)(=O)C1CC1. The van der Waals surface area contributed by atoms with E-state index in [-0.39, 0.29) is 38.9 Å². The minimum Gasteiger partial charge on any atom is -0.444 e. The molecule has 0 radical (unpaired) electrons. The number of ether oxygens (including phenoxy) is 2. The molecule has 0 spiro atoms. The van der Waals surface area contributed by atoms with E-state index < -0.39 is 92.5 Å². The van der Waals surface area contributed by atoms with Gasteiger partial charge in [0.25, 0.3) is 5.91 Å². The number of carbonyl (C=O) groups excluding carboxylic acids is 6. The van der Waals surface area contributed by atoms with Crippen molar-refractivity contribution in [1.29, 1.82) is 0 Å². The molecule has 1 aromatic carbocycles. The third kappa shape index (κ3) is 10.3. The van der Waals surface area contributed by atoms with Crippen molar-refractivity contribution in [3.8, 4) is 0 Å². The van der Waals surface area contributed by atoms with Crippen LogP contribution in [0.15, 0.2) is 29.8 Å². The molecule has 1 saturated heterocycles. The predicted octanol–water partition coefficient (Wildman–Crippen LogP) is 3.35. The lowest BCUT2D eigenvalue weighted by atomic mass is 9.91. The molecule has 0 bridgehead atoms. The van der Waals surface area contributed by atoms with E-state index in [1.165, 1.54) is 23.1 Å². The first-order chi connectivity index (χ1) is 24.7. The van der Waals surface area contributed by atoms with Gasteiger partial charge < -0.3 is 25.0 Å². The third-order valence-corrected chi connectivity index (χ3v) is 11.2. The number of nitrogens with zero attached hydrogens (tertiary/aromatic N) is 2. The Bertz CT molecular complexity index is 1760. The number of halogens is 1. The summed E-state index contributed by atoms with van der Waals surface area (Å²) in [6.45, 7) is 11.1. The van der Waals surface area contributed by atoms with Gasteiger partial charge >= 0.3 is 12.2 Å². The highest BCUT2D eigenvalue weighted by atomic mass is 32.2. The van der Waals surface area contributed by atoms with Gasteiger partial charge in [-0.2, -0.15) is 0 Å². The number of hydrogen-bond acceptors (Lipinski definition) is 10. The summed E-state index contributed by atoms with van der Waals surface area (Å²) < 4.78 is 53.0. The van der Waals surface area contributed by atoms with Crippen molar-refractivity contribution in [2.45, 2.75) is 135 Å². The number of hydrogen-bond donors (Lipinski definition) is 3. The van der Waals surface area contributed by atoms with Crippen molar-refractivity contribution in [2.75, 3.05) is 6.54 Å². The van der Waals surface area contributed by atoms with E-state index in [0.717, 1.165) is 4.90 Å². The van der Waals surface area contributed by atoms with Gasteiger partial charge in [-0.3, -0.25) is 28.8 Å². The van der Waals surface area contributed by atoms with Crippen LogP contribution in [0.25, 0.3) is 0 Å². The molecule has 2 heterocycles. The maximum absolute atomic E-state index is 14.4. The van der Waals surface area contributed by atoms with E-state index in [1.807, 2.05) is 0 Å². The summed E-state index contributed by atoms with van der Waals surface area (Å²) in [4.78, 5) is 83.5. The summed E-state index contributed by atoms with van der Waals surface area (Å²) in [5.74, 6) is -3.60. The summed E-state index contributed by atoms with van der Waals surface area (Å²) >= 11 is 0. The van der Waals surface area contributed by atoms with Gasteiger partial charge in [0.2, 0.25) is 21.8 Å². The Hall–Kier alpha value is -4.54. The van der Waals surface area contributed by atoms with Crippen LogP contribution in [0, 0.1) is 5.82 Å². The van der Waals surface area contributed by atoms with Crippen LogP contribution in [0.4, 0.5) is 14.0 Å². The zero-order chi connectivity index (χ0) is 39.5. The first-order valence-corrected chi connectivity index (χ1v) is 19.3. The summed E-state index contributed by atoms with van der Waals surface area (Å²) in [7, 11) is -3.97. The second-order valence-electron chi connectivity index (χ2n) is 15.0. The highest BCUT2D eigenvalue weighted by Crippen LogP contribution is 2.30. The van der Waals surface area contributed by atoms with Crippen molar-refractivity contribution in [3.63, 3.8) is 0 Å². The molecular weight excluding hydrogens is 713 g/mol. The number of nitrogens with one attached hydrogen (secondary N) is 3. The second-order valence-corrected chi connectivity index (χ2v) is 17.0. The summed E-state index contributed by atoms with van der Waals surface area (Å²) in [6, 6.07) is 1.61. The van der Waals surface area contributed by atoms with Crippen LogP contribution in [0.5, 0.6) is 0 Å². The average molecular weight is 764 g/mol. The molecule has 5 amide bonds. The average Bonchev–Trinajstić information content (AvgIpc) is 3.70. The number of carbonyl (C=O) groups is 6. The normalized spacial score (nSPS) is 19.1. The Labute approximate surface area is 309 Å². The number of sulfonamides is 1. The van der Waals surface area contributed by atoms with Crippen LogP contribution in [-0.2, 0) is 51.8 Å². The standard InChI is InChI=1S/C36H50FN5O10S/c1-8-36(9-2,32(46)40-53(49,50)25-13-14-25)39-30(44)29-17-24(51-34(48)41-18-22-11-10-12-27(37)26(22)20-41)19-42(29)31(45)28(16-23(43)15-21(3)4)38-33(47)52-35(5,6)7/h10-12,15,24-25,28-29H,8-9,13-14,16-20H2,1-7H3,(H,38,47)(H,39,44)(H,40,46). The molecular formula is C36H50FN5O10S. The van der Waals surface area contributed by atoms with Gasteiger partial charge in [0, 0.05) is 24.9 Å². The number of ketones is 1. The lowest BCUT2D eigenvalue weighted by Gasteiger charge is -2.34. The monoisotopic (exact) mass is 763 g/mol. The van der Waals surface area contributed by atoms with Crippen molar-refractivity contribution in [3.05, 3.63) is 46.8 Å². The summed E-state index contributed by atoms with van der Waals surface area (Å²) in [5.41, 5.74) is -1.05. The summed E-state index contributed by atoms with van der Waals surface area (Å²) in [6.07, 6.45) is -1.52. The molecule has 3 aliphatic rings. The van der Waals surface area contributed by atoms with Crippen LogP contribution in [-0.4, -0.2) is 95.0 Å². The fraction of sp³-hybridized carbons (Fsp3) is 0.611. The van der Waals surface area contributed by atoms with Crippen LogP contribution in [0.2, 0.25) is 0 Å². The molecule has 1 aromatic rings. The maximum atomic E-state index is 14.4. The smallest absolute Gasteiger partial charge is 0.410 e. The Morgan fingerprint density at radius 1 is 1.04 bits per heavy atom. The number of rotatable bonds is 13. The van der Waals surface area contributed by atoms with Gasteiger partial charge in [0.15, 0.2) is 5.78 Å². The van der Waals surface area contributed by atoms with E-state index in [9.17, 15) is 41.6 Å². The molecule has 292 valence electrons. The van der Waals surface area contributed by atoms with Crippen LogP contribution in [0.3, 0.4) is 0 Å². The number of amides is 5. The first-order valence-electron chi connectivity index (χ1n) is 17.8. The largest absolute Gasteiger partial charge is 0.444 e. The van der Waals surface area contributed by atoms with Crippen molar-refractivity contribution < 1.29 is 51.0 Å². The van der Waals surface area contributed by atoms with Gasteiger partial charge in [-0.05, 0) is 78.0 Å². The van der Waals surface area contributed by atoms with Gasteiger partial charge in [-0.25, -0.2) is 22.4 Å². The minimum absolute atomic E-state index is 0.00749. The van der Waals surface area contributed by atoms with Crippen LogP contribution >= 0.6 is 0 Å². The molecule has 2 fully saturated rings. The number of benzene rings is 1. The predicted molar refractivity (Wildman–Crippen MR) is 190 cm³/mol. The van der Waals surface area contributed by atoms with Gasteiger partial charge in [-0.1, -0.05) is 31.6 Å². The Kier molecular flexibility index (Phi) is 12.6. The third-order valence-electron chi connectivity index (χ3n) is 9.35. The maximum Gasteiger partial charge on any atom is 0.410 e. The Morgan fingerprint density at radius 3 is 2.26 bits per heavy atom. The fourth-order valence-electron chi connectivity index (χ4n) is 6.35. The van der Waals surface area contributed by atoms with E-state index in [0.29, 0.717) is 29.5 Å². The van der Waals surface area contributed by atoms with Crippen LogP contribution < -0.4 is 15.4 Å². The second kappa shape index (κ2) is 16.2. The fourth-order valence-corrected chi connectivity index (χ4v) is 7.72.